The Morgan fingerprint density at radius 2 is 2.03 bits per heavy atom. The van der Waals surface area contributed by atoms with E-state index in [2.05, 4.69) is 20.8 Å². The molecule has 13 heteroatoms. The van der Waals surface area contributed by atoms with Gasteiger partial charge in [0.15, 0.2) is 9.84 Å². The van der Waals surface area contributed by atoms with E-state index in [0.29, 0.717) is 17.7 Å². The fourth-order valence-electron chi connectivity index (χ4n) is 4.55. The van der Waals surface area contributed by atoms with Crippen LogP contribution in [0, 0.1) is 0 Å². The third kappa shape index (κ3) is 3.86. The second-order valence-corrected chi connectivity index (χ2v) is 11.1. The number of urea groups is 1. The summed E-state index contributed by atoms with van der Waals surface area (Å²) in [6, 6.07) is 5.77. The van der Waals surface area contributed by atoms with Crippen molar-refractivity contribution in [3.05, 3.63) is 36.2 Å². The van der Waals surface area contributed by atoms with E-state index in [-0.39, 0.29) is 17.5 Å². The summed E-state index contributed by atoms with van der Waals surface area (Å²) in [5, 5.41) is 13.7. The number of hydrogen-bond acceptors (Lipinski definition) is 8. The molecule has 2 aliphatic heterocycles. The predicted octanol–water partition coefficient (Wildman–Crippen LogP) is -0.393. The highest BCUT2D eigenvalue weighted by Crippen LogP contribution is 2.34. The molecule has 1 N–H and O–H groups in total. The smallest absolute Gasteiger partial charge is 0.325 e. The van der Waals surface area contributed by atoms with Crippen LogP contribution >= 0.6 is 0 Å². The van der Waals surface area contributed by atoms with Crippen LogP contribution in [0.1, 0.15) is 31.7 Å². The SMILES string of the molecule is C[C@]1(c2cccc(-n3cnnn3)c2)NC(=O)N(CC(=O)N(C2CC2)[C@@H]2CCS(=O)(=O)C2)C1=O. The lowest BCUT2D eigenvalue weighted by Crippen LogP contribution is -2.49. The second-order valence-electron chi connectivity index (χ2n) is 8.84. The largest absolute Gasteiger partial charge is 0.334 e. The highest BCUT2D eigenvalue weighted by atomic mass is 32.2. The molecule has 0 spiro atoms. The van der Waals surface area contributed by atoms with Crippen LogP contribution in [0.15, 0.2) is 30.6 Å². The summed E-state index contributed by atoms with van der Waals surface area (Å²) in [7, 11) is -3.18. The van der Waals surface area contributed by atoms with Crippen molar-refractivity contribution in [2.24, 2.45) is 0 Å². The molecule has 174 valence electrons. The molecular weight excluding hydrogens is 450 g/mol. The lowest BCUT2D eigenvalue weighted by molar-refractivity contribution is -0.140. The van der Waals surface area contributed by atoms with Gasteiger partial charge < -0.3 is 10.2 Å². The number of nitrogens with one attached hydrogen (secondary N) is 1. The van der Waals surface area contributed by atoms with Crippen LogP contribution in [0.2, 0.25) is 0 Å². The second kappa shape index (κ2) is 7.61. The molecule has 1 aromatic heterocycles. The zero-order chi connectivity index (χ0) is 23.4. The maximum atomic E-state index is 13.3. The van der Waals surface area contributed by atoms with Gasteiger partial charge in [0.25, 0.3) is 5.91 Å². The number of nitrogens with zero attached hydrogens (tertiary/aromatic N) is 6. The van der Waals surface area contributed by atoms with Crippen LogP contribution < -0.4 is 5.32 Å². The Bertz CT molecular complexity index is 1230. The molecule has 2 atom stereocenters. The number of rotatable bonds is 6. The zero-order valence-electron chi connectivity index (χ0n) is 17.9. The first-order chi connectivity index (χ1) is 15.7. The van der Waals surface area contributed by atoms with Crippen LogP contribution in [0.3, 0.4) is 0 Å². The number of aromatic nitrogens is 4. The van der Waals surface area contributed by atoms with Gasteiger partial charge in [-0.3, -0.25) is 14.5 Å². The van der Waals surface area contributed by atoms with Gasteiger partial charge in [-0.2, -0.15) is 0 Å². The van der Waals surface area contributed by atoms with E-state index < -0.39 is 45.8 Å². The topological polar surface area (TPSA) is 147 Å². The minimum Gasteiger partial charge on any atom is -0.334 e. The van der Waals surface area contributed by atoms with Crippen molar-refractivity contribution in [2.45, 2.75) is 43.8 Å². The van der Waals surface area contributed by atoms with E-state index in [1.165, 1.54) is 11.0 Å². The number of hydrogen-bond donors (Lipinski definition) is 1. The van der Waals surface area contributed by atoms with Gasteiger partial charge in [0.05, 0.1) is 17.2 Å². The Kier molecular flexibility index (Phi) is 4.96. The summed E-state index contributed by atoms with van der Waals surface area (Å²) < 4.78 is 25.3. The molecule has 3 fully saturated rings. The predicted molar refractivity (Wildman–Crippen MR) is 114 cm³/mol. The highest BCUT2D eigenvalue weighted by molar-refractivity contribution is 7.91. The van der Waals surface area contributed by atoms with Crippen LogP contribution in [0.4, 0.5) is 4.79 Å². The monoisotopic (exact) mass is 473 g/mol. The third-order valence-electron chi connectivity index (χ3n) is 6.44. The summed E-state index contributed by atoms with van der Waals surface area (Å²) in [5.41, 5.74) is -0.245. The number of benzene rings is 1. The van der Waals surface area contributed by atoms with Gasteiger partial charge >= 0.3 is 6.03 Å². The fraction of sp³-hybridized carbons (Fsp3) is 0.500. The Hall–Kier alpha value is -3.35. The van der Waals surface area contributed by atoms with Crippen molar-refractivity contribution >= 4 is 27.7 Å². The van der Waals surface area contributed by atoms with E-state index in [9.17, 15) is 22.8 Å². The van der Waals surface area contributed by atoms with E-state index in [0.717, 1.165) is 17.7 Å². The third-order valence-corrected chi connectivity index (χ3v) is 8.19. The average molecular weight is 474 g/mol. The average Bonchev–Trinajstić information content (AvgIpc) is 3.23. The Labute approximate surface area is 189 Å². The minimum absolute atomic E-state index is 0.0316. The minimum atomic E-state index is -3.18. The quantitative estimate of drug-likeness (QED) is 0.558. The van der Waals surface area contributed by atoms with Gasteiger partial charge in [-0.15, -0.1) is 5.10 Å². The summed E-state index contributed by atoms with van der Waals surface area (Å²) >= 11 is 0. The maximum absolute atomic E-state index is 13.3. The van der Waals surface area contributed by atoms with E-state index in [4.69, 9.17) is 0 Å². The van der Waals surface area contributed by atoms with Gasteiger partial charge in [-0.25, -0.2) is 17.9 Å². The van der Waals surface area contributed by atoms with Crippen LogP contribution in [-0.2, 0) is 25.0 Å². The van der Waals surface area contributed by atoms with Crippen LogP contribution in [0.5, 0.6) is 0 Å². The molecule has 0 bridgehead atoms. The van der Waals surface area contributed by atoms with Crippen molar-refractivity contribution in [3.63, 3.8) is 0 Å². The van der Waals surface area contributed by atoms with E-state index >= 15 is 0 Å². The Morgan fingerprint density at radius 1 is 1.24 bits per heavy atom. The summed E-state index contributed by atoms with van der Waals surface area (Å²) in [4.78, 5) is 41.7. The van der Waals surface area contributed by atoms with Crippen molar-refractivity contribution in [1.82, 2.24) is 35.3 Å². The number of carbonyl (C=O) groups is 3. The Morgan fingerprint density at radius 3 is 2.67 bits per heavy atom. The van der Waals surface area contributed by atoms with Crippen molar-refractivity contribution in [1.29, 1.82) is 0 Å². The van der Waals surface area contributed by atoms with Crippen molar-refractivity contribution < 1.29 is 22.8 Å². The van der Waals surface area contributed by atoms with Crippen LogP contribution in [0.25, 0.3) is 5.69 Å². The summed E-state index contributed by atoms with van der Waals surface area (Å²) in [5.74, 6) is -0.983. The molecule has 3 heterocycles. The maximum Gasteiger partial charge on any atom is 0.325 e. The molecule has 1 aliphatic carbocycles. The number of sulfone groups is 1. The molecule has 2 aromatic rings. The molecule has 0 unspecified atom stereocenters. The Balaban J connectivity index is 1.36. The molecule has 1 saturated carbocycles. The lowest BCUT2D eigenvalue weighted by Gasteiger charge is -2.30. The number of carbonyl (C=O) groups excluding carboxylic acids is 3. The van der Waals surface area contributed by atoms with Crippen molar-refractivity contribution in [2.75, 3.05) is 18.1 Å². The first-order valence-electron chi connectivity index (χ1n) is 10.7. The lowest BCUT2D eigenvalue weighted by atomic mass is 9.91. The molecule has 0 radical (unpaired) electrons. The number of amides is 4. The molecule has 12 nitrogen and oxygen atoms in total. The molecule has 5 rings (SSSR count). The van der Waals surface area contributed by atoms with Crippen LogP contribution in [-0.4, -0.2) is 86.4 Å². The van der Waals surface area contributed by atoms with Crippen molar-refractivity contribution in [3.8, 4) is 5.69 Å². The summed E-state index contributed by atoms with van der Waals surface area (Å²) in [6.45, 7) is 1.15. The summed E-state index contributed by atoms with van der Waals surface area (Å²) in [6.07, 6.45) is 3.39. The standard InChI is InChI=1S/C20H23N7O5S/c1-20(13-3-2-4-15(9-13)26-12-21-23-24-26)18(29)25(19(30)22-20)10-17(28)27(14-5-6-14)16-7-8-33(31,32)11-16/h2-4,9,12,14,16H,5-8,10-11H2,1H3,(H,22,30)/t16-,20-/m1/s1. The van der Waals surface area contributed by atoms with E-state index in [1.807, 2.05) is 0 Å². The molecular formula is C20H23N7O5S. The zero-order valence-corrected chi connectivity index (χ0v) is 18.7. The molecule has 4 amide bonds. The number of tetrazole rings is 1. The van der Waals surface area contributed by atoms with Gasteiger partial charge in [0.2, 0.25) is 5.91 Å². The molecule has 33 heavy (non-hydrogen) atoms. The first kappa shape index (κ1) is 21.5. The normalized spacial score (nSPS) is 26.5. The molecule has 1 aromatic carbocycles. The molecule has 2 saturated heterocycles. The fourth-order valence-corrected chi connectivity index (χ4v) is 6.26. The number of imide groups is 1. The highest BCUT2D eigenvalue weighted by Gasteiger charge is 2.51. The van der Waals surface area contributed by atoms with Gasteiger partial charge in [0, 0.05) is 12.1 Å². The van der Waals surface area contributed by atoms with E-state index in [1.54, 1.807) is 36.1 Å². The van der Waals surface area contributed by atoms with Gasteiger partial charge in [-0.05, 0) is 54.3 Å². The first-order valence-corrected chi connectivity index (χ1v) is 12.5. The molecule has 3 aliphatic rings. The van der Waals surface area contributed by atoms with Gasteiger partial charge in [-0.1, -0.05) is 12.1 Å². The van der Waals surface area contributed by atoms with Gasteiger partial charge in [0.1, 0.15) is 18.4 Å².